The van der Waals surface area contributed by atoms with Gasteiger partial charge in [-0.05, 0) is 17.7 Å². The molecule has 0 spiro atoms. The van der Waals surface area contributed by atoms with E-state index < -0.39 is 0 Å². The number of nitriles is 1. The summed E-state index contributed by atoms with van der Waals surface area (Å²) in [7, 11) is 0. The minimum atomic E-state index is -0.210. The summed E-state index contributed by atoms with van der Waals surface area (Å²) in [6, 6.07) is 7.59. The number of aromatic nitrogens is 2. The molecule has 0 bridgehead atoms. The van der Waals surface area contributed by atoms with E-state index >= 15 is 0 Å². The van der Waals surface area contributed by atoms with Crippen LogP contribution in [0.5, 0.6) is 0 Å². The van der Waals surface area contributed by atoms with Gasteiger partial charge in [-0.1, -0.05) is 43.1 Å². The minimum Gasteiger partial charge on any atom is -0.367 e. The Kier molecular flexibility index (Phi) is 4.66. The second-order valence-electron chi connectivity index (χ2n) is 5.23. The third-order valence-electron chi connectivity index (χ3n) is 3.20. The Morgan fingerprint density at radius 3 is 2.57 bits per heavy atom. The van der Waals surface area contributed by atoms with Crippen molar-refractivity contribution >= 4 is 29.0 Å². The summed E-state index contributed by atoms with van der Waals surface area (Å²) in [4.78, 5) is 8.11. The fraction of sp³-hybridized carbons (Fsp3) is 0.267. The van der Waals surface area contributed by atoms with Gasteiger partial charge in [-0.25, -0.2) is 9.97 Å². The zero-order valence-electron chi connectivity index (χ0n) is 11.7. The Balaban J connectivity index is 2.18. The molecule has 6 heteroatoms. The largest absolute Gasteiger partial charge is 0.367 e. The Bertz CT molecular complexity index is 692. The van der Waals surface area contributed by atoms with Crippen LogP contribution >= 0.6 is 23.2 Å². The van der Waals surface area contributed by atoms with E-state index in [4.69, 9.17) is 28.5 Å². The van der Waals surface area contributed by atoms with Gasteiger partial charge in [-0.15, -0.1) is 0 Å². The molecule has 1 heterocycles. The van der Waals surface area contributed by atoms with Crippen molar-refractivity contribution in [3.8, 4) is 6.07 Å². The third kappa shape index (κ3) is 3.63. The van der Waals surface area contributed by atoms with E-state index in [9.17, 15) is 0 Å². The molecule has 0 saturated heterocycles. The Morgan fingerprint density at radius 1 is 1.19 bits per heavy atom. The van der Waals surface area contributed by atoms with Gasteiger partial charge in [0.15, 0.2) is 11.5 Å². The van der Waals surface area contributed by atoms with Crippen LogP contribution in [0, 0.1) is 11.3 Å². The molecule has 108 valence electrons. The van der Waals surface area contributed by atoms with Gasteiger partial charge in [-0.2, -0.15) is 5.26 Å². The molecule has 0 fully saturated rings. The van der Waals surface area contributed by atoms with E-state index in [2.05, 4.69) is 29.1 Å². The lowest BCUT2D eigenvalue weighted by molar-refractivity contribution is 0.556. The van der Waals surface area contributed by atoms with E-state index in [0.29, 0.717) is 22.4 Å². The lowest BCUT2D eigenvalue weighted by Gasteiger charge is -2.26. The summed E-state index contributed by atoms with van der Waals surface area (Å²) < 4.78 is 0. The first kappa shape index (κ1) is 15.6. The maximum Gasteiger partial charge on any atom is 0.182 e. The van der Waals surface area contributed by atoms with Gasteiger partial charge in [-0.3, -0.25) is 0 Å². The normalized spacial score (nSPS) is 11.0. The van der Waals surface area contributed by atoms with Crippen LogP contribution in [0.3, 0.4) is 0 Å². The molecule has 2 aromatic rings. The molecule has 0 aliphatic heterocycles. The zero-order valence-corrected chi connectivity index (χ0v) is 13.2. The number of hydrogen-bond acceptors (Lipinski definition) is 4. The summed E-state index contributed by atoms with van der Waals surface area (Å²) in [5, 5.41) is 13.2. The van der Waals surface area contributed by atoms with Gasteiger partial charge in [0.25, 0.3) is 0 Å². The fourth-order valence-corrected chi connectivity index (χ4v) is 2.17. The molecule has 2 rings (SSSR count). The van der Waals surface area contributed by atoms with Gasteiger partial charge < -0.3 is 5.32 Å². The standard InChI is InChI=1S/C15H14Cl2N4/c1-15(2,10-3-4-11(16)12(17)7-10)9-21-14-13(8-18)19-5-6-20-14/h3-7H,9H2,1-2H3,(H,20,21). The van der Waals surface area contributed by atoms with Crippen molar-refractivity contribution in [2.75, 3.05) is 11.9 Å². The molecule has 0 saturated carbocycles. The SMILES string of the molecule is CC(C)(CNc1nccnc1C#N)c1ccc(Cl)c(Cl)c1. The monoisotopic (exact) mass is 320 g/mol. The lowest BCUT2D eigenvalue weighted by Crippen LogP contribution is -2.28. The second-order valence-corrected chi connectivity index (χ2v) is 6.05. The molecule has 1 aromatic carbocycles. The molecular formula is C15H14Cl2N4. The summed E-state index contributed by atoms with van der Waals surface area (Å²) in [6.07, 6.45) is 3.04. The first-order valence-electron chi connectivity index (χ1n) is 6.34. The maximum absolute atomic E-state index is 9.01. The third-order valence-corrected chi connectivity index (χ3v) is 3.94. The van der Waals surface area contributed by atoms with Gasteiger partial charge >= 0.3 is 0 Å². The molecule has 4 nitrogen and oxygen atoms in total. The highest BCUT2D eigenvalue weighted by atomic mass is 35.5. The summed E-state index contributed by atoms with van der Waals surface area (Å²) in [5.41, 5.74) is 1.12. The van der Waals surface area contributed by atoms with Crippen LogP contribution in [-0.2, 0) is 5.41 Å². The Morgan fingerprint density at radius 2 is 1.90 bits per heavy atom. The number of nitrogens with zero attached hydrogens (tertiary/aromatic N) is 3. The van der Waals surface area contributed by atoms with E-state index in [1.165, 1.54) is 6.20 Å². The van der Waals surface area contributed by atoms with Gasteiger partial charge in [0.1, 0.15) is 6.07 Å². The number of rotatable bonds is 4. The summed E-state index contributed by atoms with van der Waals surface area (Å²) in [5.74, 6) is 0.480. The number of benzene rings is 1. The average molecular weight is 321 g/mol. The van der Waals surface area contributed by atoms with Crippen LogP contribution in [0.25, 0.3) is 0 Å². The number of halogens is 2. The van der Waals surface area contributed by atoms with E-state index in [0.717, 1.165) is 5.56 Å². The molecule has 0 aliphatic carbocycles. The molecule has 21 heavy (non-hydrogen) atoms. The minimum absolute atomic E-state index is 0.210. The number of hydrogen-bond donors (Lipinski definition) is 1. The number of anilines is 1. The molecular weight excluding hydrogens is 307 g/mol. The fourth-order valence-electron chi connectivity index (χ4n) is 1.87. The van der Waals surface area contributed by atoms with Gasteiger partial charge in [0.2, 0.25) is 0 Å². The van der Waals surface area contributed by atoms with Crippen LogP contribution in [0.2, 0.25) is 10.0 Å². The van der Waals surface area contributed by atoms with Crippen molar-refractivity contribution in [1.82, 2.24) is 9.97 Å². The molecule has 1 N–H and O–H groups in total. The Labute approximate surface area is 133 Å². The van der Waals surface area contributed by atoms with Gasteiger partial charge in [0.05, 0.1) is 10.0 Å². The highest BCUT2D eigenvalue weighted by Crippen LogP contribution is 2.30. The molecule has 0 unspecified atom stereocenters. The molecule has 0 aliphatic rings. The van der Waals surface area contributed by atoms with Gasteiger partial charge in [0, 0.05) is 24.4 Å². The molecule has 0 radical (unpaired) electrons. The highest BCUT2D eigenvalue weighted by molar-refractivity contribution is 6.42. The first-order valence-corrected chi connectivity index (χ1v) is 7.10. The van der Waals surface area contributed by atoms with Crippen LogP contribution in [0.4, 0.5) is 5.82 Å². The van der Waals surface area contributed by atoms with Crippen molar-refractivity contribution in [2.24, 2.45) is 0 Å². The zero-order chi connectivity index (χ0) is 15.5. The van der Waals surface area contributed by atoms with Crippen LogP contribution in [0.1, 0.15) is 25.1 Å². The number of nitrogens with one attached hydrogen (secondary N) is 1. The van der Waals surface area contributed by atoms with Crippen LogP contribution in [-0.4, -0.2) is 16.5 Å². The molecule has 1 aromatic heterocycles. The van der Waals surface area contributed by atoms with E-state index in [-0.39, 0.29) is 11.1 Å². The summed E-state index contributed by atoms with van der Waals surface area (Å²) in [6.45, 7) is 4.72. The summed E-state index contributed by atoms with van der Waals surface area (Å²) >= 11 is 12.0. The second kappa shape index (κ2) is 6.30. The Hall–Kier alpha value is -1.83. The van der Waals surface area contributed by atoms with E-state index in [1.54, 1.807) is 12.3 Å². The van der Waals surface area contributed by atoms with Crippen molar-refractivity contribution in [2.45, 2.75) is 19.3 Å². The quantitative estimate of drug-likeness (QED) is 0.923. The first-order chi connectivity index (χ1) is 9.94. The van der Waals surface area contributed by atoms with Crippen molar-refractivity contribution in [3.63, 3.8) is 0 Å². The van der Waals surface area contributed by atoms with Crippen LogP contribution < -0.4 is 5.32 Å². The maximum atomic E-state index is 9.01. The van der Waals surface area contributed by atoms with Crippen LogP contribution in [0.15, 0.2) is 30.6 Å². The van der Waals surface area contributed by atoms with Crippen molar-refractivity contribution < 1.29 is 0 Å². The van der Waals surface area contributed by atoms with Crippen molar-refractivity contribution in [1.29, 1.82) is 5.26 Å². The smallest absolute Gasteiger partial charge is 0.182 e. The highest BCUT2D eigenvalue weighted by Gasteiger charge is 2.22. The van der Waals surface area contributed by atoms with E-state index in [1.807, 2.05) is 18.2 Å². The molecule has 0 atom stereocenters. The average Bonchev–Trinajstić information content (AvgIpc) is 2.48. The topological polar surface area (TPSA) is 61.6 Å². The molecule has 0 amide bonds. The lowest BCUT2D eigenvalue weighted by atomic mass is 9.84. The van der Waals surface area contributed by atoms with Crippen molar-refractivity contribution in [3.05, 3.63) is 51.9 Å². The predicted molar refractivity (Wildman–Crippen MR) is 84.7 cm³/mol. The predicted octanol–water partition coefficient (Wildman–Crippen LogP) is 4.04.